The molecule has 1 heterocycles. The van der Waals surface area contributed by atoms with E-state index >= 15 is 0 Å². The van der Waals surface area contributed by atoms with Crippen LogP contribution in [0.2, 0.25) is 4.34 Å². The summed E-state index contributed by atoms with van der Waals surface area (Å²) in [5.41, 5.74) is 5.90. The summed E-state index contributed by atoms with van der Waals surface area (Å²) in [4.78, 5) is 13.0. The van der Waals surface area contributed by atoms with Crippen LogP contribution in [0.15, 0.2) is 12.1 Å². The minimum Gasteiger partial charge on any atom is -0.327 e. The SMILES string of the molecule is NC1CCCC1C(=O)Cc1ccc(Cl)s1. The number of halogens is 1. The molecule has 0 amide bonds. The van der Waals surface area contributed by atoms with Crippen LogP contribution in [0, 0.1) is 5.92 Å². The highest BCUT2D eigenvalue weighted by Gasteiger charge is 2.29. The molecule has 2 atom stereocenters. The average Bonchev–Trinajstić information content (AvgIpc) is 2.75. The Labute approximate surface area is 98.4 Å². The summed E-state index contributed by atoms with van der Waals surface area (Å²) in [6.07, 6.45) is 3.53. The molecule has 82 valence electrons. The maximum absolute atomic E-state index is 11.9. The van der Waals surface area contributed by atoms with Crippen molar-refractivity contribution in [3.05, 3.63) is 21.3 Å². The summed E-state index contributed by atoms with van der Waals surface area (Å²) in [6.45, 7) is 0. The average molecular weight is 244 g/mol. The normalized spacial score (nSPS) is 25.7. The summed E-state index contributed by atoms with van der Waals surface area (Å²) in [5, 5.41) is 0. The number of thiophene rings is 1. The lowest BCUT2D eigenvalue weighted by molar-refractivity contribution is -0.122. The van der Waals surface area contributed by atoms with Crippen molar-refractivity contribution >= 4 is 28.7 Å². The van der Waals surface area contributed by atoms with Gasteiger partial charge in [0.05, 0.1) is 4.34 Å². The fourth-order valence-electron chi connectivity index (χ4n) is 2.14. The molecule has 2 nitrogen and oxygen atoms in total. The van der Waals surface area contributed by atoms with E-state index in [0.717, 1.165) is 28.5 Å². The first-order valence-corrected chi connectivity index (χ1v) is 6.39. The predicted molar refractivity (Wildman–Crippen MR) is 63.4 cm³/mol. The van der Waals surface area contributed by atoms with Gasteiger partial charge in [-0.2, -0.15) is 0 Å². The Morgan fingerprint density at radius 2 is 2.33 bits per heavy atom. The van der Waals surface area contributed by atoms with Gasteiger partial charge in [-0.1, -0.05) is 18.0 Å². The molecule has 0 spiro atoms. The van der Waals surface area contributed by atoms with Crippen molar-refractivity contribution in [2.45, 2.75) is 31.7 Å². The van der Waals surface area contributed by atoms with Gasteiger partial charge in [-0.05, 0) is 25.0 Å². The zero-order chi connectivity index (χ0) is 10.8. The number of Topliss-reactive ketones (excluding diaryl/α,β-unsaturated/α-hetero) is 1. The van der Waals surface area contributed by atoms with Crippen molar-refractivity contribution in [3.8, 4) is 0 Å². The van der Waals surface area contributed by atoms with E-state index in [4.69, 9.17) is 17.3 Å². The molecular formula is C11H14ClNOS. The van der Waals surface area contributed by atoms with Gasteiger partial charge in [-0.15, -0.1) is 11.3 Å². The van der Waals surface area contributed by atoms with Gasteiger partial charge >= 0.3 is 0 Å². The molecule has 15 heavy (non-hydrogen) atoms. The van der Waals surface area contributed by atoms with Crippen molar-refractivity contribution in [2.75, 3.05) is 0 Å². The molecule has 2 unspecified atom stereocenters. The third kappa shape index (κ3) is 2.60. The maximum atomic E-state index is 11.9. The minimum absolute atomic E-state index is 0.0749. The number of ketones is 1. The highest BCUT2D eigenvalue weighted by Crippen LogP contribution is 2.28. The van der Waals surface area contributed by atoms with Crippen LogP contribution in [0.25, 0.3) is 0 Å². The Morgan fingerprint density at radius 1 is 1.53 bits per heavy atom. The zero-order valence-electron chi connectivity index (χ0n) is 8.41. The van der Waals surface area contributed by atoms with E-state index in [1.165, 1.54) is 11.3 Å². The molecule has 1 aliphatic rings. The van der Waals surface area contributed by atoms with Crippen LogP contribution in [0.1, 0.15) is 24.1 Å². The molecule has 0 saturated heterocycles. The van der Waals surface area contributed by atoms with Crippen LogP contribution in [0.5, 0.6) is 0 Å². The van der Waals surface area contributed by atoms with Crippen molar-refractivity contribution in [3.63, 3.8) is 0 Å². The standard InChI is InChI=1S/C11H14ClNOS/c12-11-5-4-7(15-11)6-10(14)8-2-1-3-9(8)13/h4-5,8-9H,1-3,6,13H2. The largest absolute Gasteiger partial charge is 0.327 e. The quantitative estimate of drug-likeness (QED) is 0.887. The first kappa shape index (κ1) is 11.1. The number of carbonyl (C=O) groups excluding carboxylic acids is 1. The van der Waals surface area contributed by atoms with Crippen molar-refractivity contribution in [1.29, 1.82) is 0 Å². The number of rotatable bonds is 3. The van der Waals surface area contributed by atoms with E-state index in [1.807, 2.05) is 12.1 Å². The van der Waals surface area contributed by atoms with Gasteiger partial charge in [0.2, 0.25) is 0 Å². The first-order chi connectivity index (χ1) is 7.16. The second-order valence-corrected chi connectivity index (χ2v) is 5.85. The molecule has 1 aromatic heterocycles. The van der Waals surface area contributed by atoms with E-state index in [2.05, 4.69) is 0 Å². The first-order valence-electron chi connectivity index (χ1n) is 5.19. The van der Waals surface area contributed by atoms with Gasteiger partial charge in [0, 0.05) is 23.3 Å². The van der Waals surface area contributed by atoms with Crippen LogP contribution < -0.4 is 5.73 Å². The van der Waals surface area contributed by atoms with Crippen LogP contribution in [0.4, 0.5) is 0 Å². The van der Waals surface area contributed by atoms with Gasteiger partial charge in [-0.25, -0.2) is 0 Å². The smallest absolute Gasteiger partial charge is 0.142 e. The van der Waals surface area contributed by atoms with Crippen molar-refractivity contribution in [2.24, 2.45) is 11.7 Å². The molecular weight excluding hydrogens is 230 g/mol. The van der Waals surface area contributed by atoms with E-state index in [9.17, 15) is 4.79 Å². The van der Waals surface area contributed by atoms with E-state index in [-0.39, 0.29) is 17.7 Å². The Kier molecular flexibility index (Phi) is 3.44. The summed E-state index contributed by atoms with van der Waals surface area (Å²) in [5.74, 6) is 0.351. The fourth-order valence-corrected chi connectivity index (χ4v) is 3.24. The summed E-state index contributed by atoms with van der Waals surface area (Å²) in [6, 6.07) is 3.84. The van der Waals surface area contributed by atoms with Crippen LogP contribution >= 0.6 is 22.9 Å². The van der Waals surface area contributed by atoms with Crippen LogP contribution in [-0.2, 0) is 11.2 Å². The third-order valence-electron chi connectivity index (χ3n) is 2.96. The summed E-state index contributed by atoms with van der Waals surface area (Å²) in [7, 11) is 0. The Hall–Kier alpha value is -0.380. The fraction of sp³-hybridized carbons (Fsp3) is 0.545. The van der Waals surface area contributed by atoms with Crippen LogP contribution in [0.3, 0.4) is 0 Å². The lowest BCUT2D eigenvalue weighted by Gasteiger charge is -2.12. The second-order valence-electron chi connectivity index (χ2n) is 4.05. The maximum Gasteiger partial charge on any atom is 0.142 e. The Balaban J connectivity index is 1.97. The molecule has 1 aliphatic carbocycles. The molecule has 4 heteroatoms. The van der Waals surface area contributed by atoms with Gasteiger partial charge in [0.25, 0.3) is 0 Å². The Bertz CT molecular complexity index is 363. The van der Waals surface area contributed by atoms with E-state index in [1.54, 1.807) is 0 Å². The lowest BCUT2D eigenvalue weighted by Crippen LogP contribution is -2.31. The summed E-state index contributed by atoms with van der Waals surface area (Å²) < 4.78 is 0.744. The molecule has 0 aromatic carbocycles. The van der Waals surface area contributed by atoms with Crippen molar-refractivity contribution in [1.82, 2.24) is 0 Å². The highest BCUT2D eigenvalue weighted by molar-refractivity contribution is 7.16. The second kappa shape index (κ2) is 4.64. The van der Waals surface area contributed by atoms with Crippen molar-refractivity contribution < 1.29 is 4.79 Å². The molecule has 2 N–H and O–H groups in total. The zero-order valence-corrected chi connectivity index (χ0v) is 9.98. The molecule has 0 aliphatic heterocycles. The molecule has 1 fully saturated rings. The van der Waals surface area contributed by atoms with Crippen LogP contribution in [-0.4, -0.2) is 11.8 Å². The minimum atomic E-state index is 0.0749. The molecule has 1 aromatic rings. The topological polar surface area (TPSA) is 43.1 Å². The Morgan fingerprint density at radius 3 is 2.87 bits per heavy atom. The monoisotopic (exact) mass is 243 g/mol. The number of hydrogen-bond acceptors (Lipinski definition) is 3. The predicted octanol–water partition coefficient (Wildman–Crippen LogP) is 2.64. The molecule has 0 bridgehead atoms. The summed E-state index contributed by atoms with van der Waals surface area (Å²) >= 11 is 7.29. The van der Waals surface area contributed by atoms with Gasteiger partial charge < -0.3 is 5.73 Å². The third-order valence-corrected chi connectivity index (χ3v) is 4.19. The molecule has 2 rings (SSSR count). The van der Waals surface area contributed by atoms with E-state index < -0.39 is 0 Å². The molecule has 1 saturated carbocycles. The molecule has 0 radical (unpaired) electrons. The van der Waals surface area contributed by atoms with Gasteiger partial charge in [0.15, 0.2) is 0 Å². The number of nitrogens with two attached hydrogens (primary N) is 1. The van der Waals surface area contributed by atoms with E-state index in [0.29, 0.717) is 6.42 Å². The number of carbonyl (C=O) groups is 1. The number of hydrogen-bond donors (Lipinski definition) is 1. The highest BCUT2D eigenvalue weighted by atomic mass is 35.5. The lowest BCUT2D eigenvalue weighted by atomic mass is 9.96. The van der Waals surface area contributed by atoms with Gasteiger partial charge in [0.1, 0.15) is 5.78 Å². The van der Waals surface area contributed by atoms with Gasteiger partial charge in [-0.3, -0.25) is 4.79 Å².